The van der Waals surface area contributed by atoms with Crippen LogP contribution >= 0.6 is 0 Å². The molecule has 0 saturated carbocycles. The van der Waals surface area contributed by atoms with Gasteiger partial charge in [0.2, 0.25) is 11.3 Å². The molecule has 0 saturated heterocycles. The van der Waals surface area contributed by atoms with Crippen molar-refractivity contribution >= 4 is 21.4 Å². The summed E-state index contributed by atoms with van der Waals surface area (Å²) in [5.41, 5.74) is 0.248. The summed E-state index contributed by atoms with van der Waals surface area (Å²) in [5.74, 6) is -1.06. The number of amides is 1. The number of hydrogen-bond donors (Lipinski definition) is 2. The number of benzene rings is 1. The quantitative estimate of drug-likeness (QED) is 0.669. The lowest BCUT2D eigenvalue weighted by atomic mass is 10.3. The van der Waals surface area contributed by atoms with Gasteiger partial charge in [0.15, 0.2) is 15.6 Å². The highest BCUT2D eigenvalue weighted by Gasteiger charge is 2.19. The number of rotatable bonds is 9. The molecule has 0 bridgehead atoms. The molecule has 1 heterocycles. The fourth-order valence-corrected chi connectivity index (χ4v) is 3.48. The van der Waals surface area contributed by atoms with Crippen LogP contribution in [0.1, 0.15) is 19.0 Å². The molecule has 8 nitrogen and oxygen atoms in total. The SMILES string of the molecule is CCCOc1c[nH]c(CS(=O)(=O)CC(=O)Nc2ccc(OC)cc2)cc1=O. The third-order valence-electron chi connectivity index (χ3n) is 3.50. The molecule has 0 atom stereocenters. The minimum atomic E-state index is -3.76. The van der Waals surface area contributed by atoms with Crippen molar-refractivity contribution in [2.45, 2.75) is 19.1 Å². The van der Waals surface area contributed by atoms with Crippen molar-refractivity contribution in [1.29, 1.82) is 0 Å². The number of carbonyl (C=O) groups is 1. The Hall–Kier alpha value is -2.81. The van der Waals surface area contributed by atoms with Crippen LogP contribution in [0.5, 0.6) is 11.5 Å². The third-order valence-corrected chi connectivity index (χ3v) is 4.95. The van der Waals surface area contributed by atoms with E-state index in [1.165, 1.54) is 19.4 Å². The largest absolute Gasteiger partial charge is 0.497 e. The summed E-state index contributed by atoms with van der Waals surface area (Å²) in [4.78, 5) is 26.6. The van der Waals surface area contributed by atoms with Crippen LogP contribution < -0.4 is 20.2 Å². The lowest BCUT2D eigenvalue weighted by Gasteiger charge is -2.08. The van der Waals surface area contributed by atoms with E-state index in [-0.39, 0.29) is 11.4 Å². The molecule has 1 aromatic carbocycles. The second-order valence-electron chi connectivity index (χ2n) is 5.84. The Labute approximate surface area is 157 Å². The number of pyridine rings is 1. The summed E-state index contributed by atoms with van der Waals surface area (Å²) in [6, 6.07) is 7.68. The van der Waals surface area contributed by atoms with Gasteiger partial charge in [0.1, 0.15) is 11.5 Å². The summed E-state index contributed by atoms with van der Waals surface area (Å²) in [5, 5.41) is 2.51. The monoisotopic (exact) mass is 394 g/mol. The van der Waals surface area contributed by atoms with Gasteiger partial charge in [-0.15, -0.1) is 0 Å². The Bertz CT molecular complexity index is 935. The molecule has 2 N–H and O–H groups in total. The van der Waals surface area contributed by atoms with Gasteiger partial charge in [-0.2, -0.15) is 0 Å². The number of nitrogens with one attached hydrogen (secondary N) is 2. The van der Waals surface area contributed by atoms with Crippen LogP contribution in [0, 0.1) is 0 Å². The van der Waals surface area contributed by atoms with Gasteiger partial charge in [-0.3, -0.25) is 9.59 Å². The standard InChI is InChI=1S/C18H22N2O6S/c1-3-8-26-17-10-19-14(9-16(17)21)11-27(23,24)12-18(22)20-13-4-6-15(25-2)7-5-13/h4-7,9-10H,3,8,11-12H2,1-2H3,(H,19,21)(H,20,22). The predicted molar refractivity (Wildman–Crippen MR) is 102 cm³/mol. The first-order chi connectivity index (χ1) is 12.8. The fourth-order valence-electron chi connectivity index (χ4n) is 2.27. The van der Waals surface area contributed by atoms with E-state index in [0.717, 1.165) is 6.42 Å². The third kappa shape index (κ3) is 6.45. The maximum Gasteiger partial charge on any atom is 0.239 e. The first-order valence-electron chi connectivity index (χ1n) is 8.31. The van der Waals surface area contributed by atoms with Crippen LogP contribution in [-0.4, -0.2) is 38.8 Å². The average molecular weight is 394 g/mol. The number of methoxy groups -OCH3 is 1. The first-order valence-corrected chi connectivity index (χ1v) is 10.1. The molecule has 0 aliphatic rings. The molecular formula is C18H22N2O6S. The van der Waals surface area contributed by atoms with Gasteiger partial charge in [-0.05, 0) is 30.7 Å². The van der Waals surface area contributed by atoms with Crippen LogP contribution in [0.25, 0.3) is 0 Å². The maximum absolute atomic E-state index is 12.2. The molecule has 2 aromatic rings. The number of aromatic amines is 1. The van der Waals surface area contributed by atoms with E-state index < -0.39 is 32.7 Å². The van der Waals surface area contributed by atoms with Gasteiger partial charge >= 0.3 is 0 Å². The van der Waals surface area contributed by atoms with Crippen LogP contribution in [0.3, 0.4) is 0 Å². The molecule has 1 aromatic heterocycles. The van der Waals surface area contributed by atoms with Crippen LogP contribution in [-0.2, 0) is 20.4 Å². The zero-order valence-electron chi connectivity index (χ0n) is 15.2. The fraction of sp³-hybridized carbons (Fsp3) is 0.333. The zero-order valence-corrected chi connectivity index (χ0v) is 16.0. The van der Waals surface area contributed by atoms with E-state index >= 15 is 0 Å². The van der Waals surface area contributed by atoms with Gasteiger partial charge in [0, 0.05) is 23.6 Å². The Kier molecular flexibility index (Phi) is 7.00. The van der Waals surface area contributed by atoms with Gasteiger partial charge < -0.3 is 19.8 Å². The predicted octanol–water partition coefficient (Wildman–Crippen LogP) is 1.73. The summed E-state index contributed by atoms with van der Waals surface area (Å²) in [6.07, 6.45) is 2.08. The Morgan fingerprint density at radius 1 is 1.22 bits per heavy atom. The second-order valence-corrected chi connectivity index (χ2v) is 7.91. The molecule has 0 fully saturated rings. The summed E-state index contributed by atoms with van der Waals surface area (Å²) >= 11 is 0. The van der Waals surface area contributed by atoms with Crippen molar-refractivity contribution < 1.29 is 22.7 Å². The smallest absolute Gasteiger partial charge is 0.239 e. The number of hydrogen-bond acceptors (Lipinski definition) is 6. The van der Waals surface area contributed by atoms with Crippen molar-refractivity contribution in [3.05, 3.63) is 52.4 Å². The van der Waals surface area contributed by atoms with Crippen molar-refractivity contribution in [3.63, 3.8) is 0 Å². The first kappa shape index (κ1) is 20.5. The molecule has 2 rings (SSSR count). The lowest BCUT2D eigenvalue weighted by molar-refractivity contribution is -0.113. The van der Waals surface area contributed by atoms with Crippen molar-refractivity contribution in [1.82, 2.24) is 4.98 Å². The van der Waals surface area contributed by atoms with Gasteiger partial charge in [-0.25, -0.2) is 8.42 Å². The van der Waals surface area contributed by atoms with Crippen LogP contribution in [0.2, 0.25) is 0 Å². The molecule has 1 amide bonds. The topological polar surface area (TPSA) is 115 Å². The van der Waals surface area contributed by atoms with E-state index in [9.17, 15) is 18.0 Å². The number of ether oxygens (including phenoxy) is 2. The highest BCUT2D eigenvalue weighted by molar-refractivity contribution is 7.91. The maximum atomic E-state index is 12.2. The minimum Gasteiger partial charge on any atom is -0.497 e. The normalized spacial score (nSPS) is 11.0. The molecular weight excluding hydrogens is 372 g/mol. The van der Waals surface area contributed by atoms with Gasteiger partial charge in [-0.1, -0.05) is 6.92 Å². The van der Waals surface area contributed by atoms with Gasteiger partial charge in [0.25, 0.3) is 0 Å². The number of anilines is 1. The van der Waals surface area contributed by atoms with Crippen molar-refractivity contribution in [2.24, 2.45) is 0 Å². The van der Waals surface area contributed by atoms with Crippen molar-refractivity contribution in [2.75, 3.05) is 24.8 Å². The Morgan fingerprint density at radius 3 is 2.52 bits per heavy atom. The summed E-state index contributed by atoms with van der Waals surface area (Å²) in [6.45, 7) is 2.30. The highest BCUT2D eigenvalue weighted by atomic mass is 32.2. The molecule has 0 aliphatic carbocycles. The number of sulfone groups is 1. The van der Waals surface area contributed by atoms with E-state index in [2.05, 4.69) is 10.3 Å². The second kappa shape index (κ2) is 9.22. The minimum absolute atomic E-state index is 0.134. The molecule has 0 spiro atoms. The summed E-state index contributed by atoms with van der Waals surface area (Å²) < 4.78 is 34.7. The summed E-state index contributed by atoms with van der Waals surface area (Å²) in [7, 11) is -2.24. The molecule has 146 valence electrons. The number of aromatic nitrogens is 1. The molecule has 0 aliphatic heterocycles. The zero-order chi connectivity index (χ0) is 19.9. The molecule has 27 heavy (non-hydrogen) atoms. The van der Waals surface area contributed by atoms with E-state index in [0.29, 0.717) is 18.0 Å². The molecule has 9 heteroatoms. The Balaban J connectivity index is 1.98. The van der Waals surface area contributed by atoms with Crippen molar-refractivity contribution in [3.8, 4) is 11.5 Å². The molecule has 0 unspecified atom stereocenters. The lowest BCUT2D eigenvalue weighted by Crippen LogP contribution is -2.24. The Morgan fingerprint density at radius 2 is 1.93 bits per heavy atom. The van der Waals surface area contributed by atoms with E-state index in [4.69, 9.17) is 9.47 Å². The van der Waals surface area contributed by atoms with E-state index in [1.54, 1.807) is 24.3 Å². The highest BCUT2D eigenvalue weighted by Crippen LogP contribution is 2.15. The van der Waals surface area contributed by atoms with Gasteiger partial charge in [0.05, 0.1) is 19.5 Å². The number of H-pyrrole nitrogens is 1. The van der Waals surface area contributed by atoms with E-state index in [1.807, 2.05) is 6.92 Å². The van der Waals surface area contributed by atoms with Crippen LogP contribution in [0.15, 0.2) is 41.3 Å². The average Bonchev–Trinajstić information content (AvgIpc) is 2.60. The van der Waals surface area contributed by atoms with Crippen LogP contribution in [0.4, 0.5) is 5.69 Å². The number of carbonyl (C=O) groups excluding carboxylic acids is 1. The molecule has 0 radical (unpaired) electrons.